The number of carbonyl (C=O) groups excluding carboxylic acids is 1. The van der Waals surface area contributed by atoms with Crippen LogP contribution in [-0.4, -0.2) is 62.6 Å². The second-order valence-electron chi connectivity index (χ2n) is 4.84. The number of ether oxygens (including phenoxy) is 1. The van der Waals surface area contributed by atoms with Crippen LogP contribution in [0, 0.1) is 0 Å². The van der Waals surface area contributed by atoms with E-state index >= 15 is 0 Å². The third-order valence-electron chi connectivity index (χ3n) is 3.44. The predicted molar refractivity (Wildman–Crippen MR) is 83.6 cm³/mol. The molecule has 0 aliphatic carbocycles. The van der Waals surface area contributed by atoms with Gasteiger partial charge in [-0.15, -0.1) is 12.4 Å². The number of nitrogens with zero attached hydrogens (tertiary/aromatic N) is 2. The summed E-state index contributed by atoms with van der Waals surface area (Å²) in [5, 5.41) is 2.48. The van der Waals surface area contributed by atoms with Gasteiger partial charge in [0.25, 0.3) is 5.91 Å². The molecule has 1 atom stereocenters. The number of rotatable bonds is 4. The molecule has 8 nitrogen and oxygen atoms in total. The summed E-state index contributed by atoms with van der Waals surface area (Å²) in [5.41, 5.74) is 5.82. The molecule has 3 N–H and O–H groups in total. The molecule has 1 fully saturated rings. The molecule has 2 heterocycles. The molecular weight excluding hydrogens is 332 g/mol. The minimum absolute atomic E-state index is 0. The Labute approximate surface area is 136 Å². The highest BCUT2D eigenvalue weighted by molar-refractivity contribution is 7.89. The highest BCUT2D eigenvalue weighted by Gasteiger charge is 2.31. The fourth-order valence-electron chi connectivity index (χ4n) is 2.23. The number of carbonyl (C=O) groups is 1. The molecule has 0 bridgehead atoms. The minimum atomic E-state index is -3.65. The lowest BCUT2D eigenvalue weighted by Gasteiger charge is -2.31. The number of halogens is 1. The Morgan fingerprint density at radius 3 is 2.82 bits per heavy atom. The van der Waals surface area contributed by atoms with Crippen LogP contribution in [0.5, 0.6) is 0 Å². The molecule has 1 unspecified atom stereocenters. The standard InChI is InChI=1S/C12H20N4O4S.ClH/c1-14-12(17)11-5-10(8-15(11)2)21(18,19)16-3-4-20-9(6-13)7-16;/h5,8-9H,3-4,6-7,13H2,1-2H3,(H,14,17);1H. The van der Waals surface area contributed by atoms with Crippen LogP contribution in [0.2, 0.25) is 0 Å². The Kier molecular flexibility index (Phi) is 6.38. The summed E-state index contributed by atoms with van der Waals surface area (Å²) in [4.78, 5) is 11.8. The zero-order valence-corrected chi connectivity index (χ0v) is 14.1. The van der Waals surface area contributed by atoms with Crippen LogP contribution in [0.4, 0.5) is 0 Å². The Morgan fingerprint density at radius 2 is 2.23 bits per heavy atom. The third kappa shape index (κ3) is 3.61. The van der Waals surface area contributed by atoms with Gasteiger partial charge in [-0.25, -0.2) is 8.42 Å². The summed E-state index contributed by atoms with van der Waals surface area (Å²) < 4.78 is 33.4. The van der Waals surface area contributed by atoms with Crippen LogP contribution in [0.15, 0.2) is 17.2 Å². The van der Waals surface area contributed by atoms with Crippen molar-refractivity contribution < 1.29 is 17.9 Å². The van der Waals surface area contributed by atoms with Gasteiger partial charge >= 0.3 is 0 Å². The van der Waals surface area contributed by atoms with Gasteiger partial charge in [0.05, 0.1) is 12.7 Å². The molecule has 1 aliphatic rings. The van der Waals surface area contributed by atoms with E-state index in [-0.39, 0.29) is 48.9 Å². The lowest BCUT2D eigenvalue weighted by atomic mass is 10.3. The Bertz CT molecular complexity index is 631. The molecule has 0 spiro atoms. The van der Waals surface area contributed by atoms with Gasteiger partial charge < -0.3 is 20.4 Å². The zero-order valence-electron chi connectivity index (χ0n) is 12.5. The predicted octanol–water partition coefficient (Wildman–Crippen LogP) is -0.845. The van der Waals surface area contributed by atoms with E-state index in [0.29, 0.717) is 12.3 Å². The molecule has 2 rings (SSSR count). The number of hydrogen-bond donors (Lipinski definition) is 2. The van der Waals surface area contributed by atoms with E-state index in [1.54, 1.807) is 7.05 Å². The first kappa shape index (κ1) is 18.9. The van der Waals surface area contributed by atoms with Crippen molar-refractivity contribution in [2.24, 2.45) is 12.8 Å². The summed E-state index contributed by atoms with van der Waals surface area (Å²) in [6, 6.07) is 1.38. The van der Waals surface area contributed by atoms with Crippen LogP contribution >= 0.6 is 12.4 Å². The average molecular weight is 353 g/mol. The molecule has 10 heteroatoms. The van der Waals surface area contributed by atoms with Crippen LogP contribution in [-0.2, 0) is 21.8 Å². The Hall–Kier alpha value is -1.13. The van der Waals surface area contributed by atoms with Crippen LogP contribution in [0.25, 0.3) is 0 Å². The number of morpholine rings is 1. The van der Waals surface area contributed by atoms with E-state index in [4.69, 9.17) is 10.5 Å². The molecule has 0 radical (unpaired) electrons. The van der Waals surface area contributed by atoms with Gasteiger partial charge in [0, 0.05) is 39.9 Å². The number of sulfonamides is 1. The second-order valence-corrected chi connectivity index (χ2v) is 6.78. The number of hydrogen-bond acceptors (Lipinski definition) is 5. The maximum absolute atomic E-state index is 12.6. The summed E-state index contributed by atoms with van der Waals surface area (Å²) in [7, 11) is -0.524. The van der Waals surface area contributed by atoms with Crippen molar-refractivity contribution in [3.63, 3.8) is 0 Å². The van der Waals surface area contributed by atoms with Gasteiger partial charge in [0.2, 0.25) is 10.0 Å². The molecule has 1 aromatic heterocycles. The molecule has 1 saturated heterocycles. The fraction of sp³-hybridized carbons (Fsp3) is 0.583. The van der Waals surface area contributed by atoms with Crippen molar-refractivity contribution in [1.29, 1.82) is 0 Å². The highest BCUT2D eigenvalue weighted by atomic mass is 35.5. The topological polar surface area (TPSA) is 107 Å². The number of nitrogens with one attached hydrogen (secondary N) is 1. The number of nitrogens with two attached hydrogens (primary N) is 1. The van der Waals surface area contributed by atoms with Crippen molar-refractivity contribution in [3.8, 4) is 0 Å². The quantitative estimate of drug-likeness (QED) is 0.734. The maximum atomic E-state index is 12.6. The van der Waals surface area contributed by atoms with Crippen molar-refractivity contribution in [3.05, 3.63) is 18.0 Å². The summed E-state index contributed by atoms with van der Waals surface area (Å²) in [6.45, 7) is 1.09. The maximum Gasteiger partial charge on any atom is 0.267 e. The van der Waals surface area contributed by atoms with E-state index in [1.807, 2.05) is 0 Å². The van der Waals surface area contributed by atoms with Gasteiger partial charge in [-0.05, 0) is 6.07 Å². The normalized spacial score (nSPS) is 19.5. The van der Waals surface area contributed by atoms with E-state index in [2.05, 4.69) is 5.32 Å². The number of aromatic nitrogens is 1. The first-order valence-corrected chi connectivity index (χ1v) is 8.04. The van der Waals surface area contributed by atoms with Gasteiger partial charge in [-0.2, -0.15) is 4.31 Å². The lowest BCUT2D eigenvalue weighted by Crippen LogP contribution is -2.47. The van der Waals surface area contributed by atoms with Crippen molar-refractivity contribution in [2.45, 2.75) is 11.0 Å². The monoisotopic (exact) mass is 352 g/mol. The van der Waals surface area contributed by atoms with Crippen molar-refractivity contribution in [1.82, 2.24) is 14.2 Å². The average Bonchev–Trinajstić information content (AvgIpc) is 2.89. The van der Waals surface area contributed by atoms with E-state index in [1.165, 1.54) is 28.2 Å². The van der Waals surface area contributed by atoms with E-state index in [0.717, 1.165) is 0 Å². The summed E-state index contributed by atoms with van der Waals surface area (Å²) in [5.74, 6) is -0.333. The Balaban J connectivity index is 0.00000242. The molecule has 1 aliphatic heterocycles. The minimum Gasteiger partial charge on any atom is -0.374 e. The molecule has 1 aromatic rings. The van der Waals surface area contributed by atoms with E-state index in [9.17, 15) is 13.2 Å². The van der Waals surface area contributed by atoms with Crippen molar-refractivity contribution in [2.75, 3.05) is 33.3 Å². The number of amides is 1. The van der Waals surface area contributed by atoms with Gasteiger partial charge in [-0.1, -0.05) is 0 Å². The second kappa shape index (κ2) is 7.42. The third-order valence-corrected chi connectivity index (χ3v) is 5.27. The first-order chi connectivity index (χ1) is 9.90. The number of aryl methyl sites for hydroxylation is 1. The first-order valence-electron chi connectivity index (χ1n) is 6.60. The van der Waals surface area contributed by atoms with Gasteiger partial charge in [-0.3, -0.25) is 4.79 Å². The molecule has 126 valence electrons. The van der Waals surface area contributed by atoms with Crippen LogP contribution in [0.1, 0.15) is 10.5 Å². The van der Waals surface area contributed by atoms with Gasteiger partial charge in [0.1, 0.15) is 10.6 Å². The largest absolute Gasteiger partial charge is 0.374 e. The zero-order chi connectivity index (χ0) is 15.6. The van der Waals surface area contributed by atoms with Crippen molar-refractivity contribution >= 4 is 28.3 Å². The molecule has 1 amide bonds. The molecule has 22 heavy (non-hydrogen) atoms. The molecule has 0 aromatic carbocycles. The van der Waals surface area contributed by atoms with Gasteiger partial charge in [0.15, 0.2) is 0 Å². The SMILES string of the molecule is CNC(=O)c1cc(S(=O)(=O)N2CCOC(CN)C2)cn1C.Cl. The summed E-state index contributed by atoms with van der Waals surface area (Å²) in [6.07, 6.45) is 1.14. The summed E-state index contributed by atoms with van der Waals surface area (Å²) >= 11 is 0. The fourth-order valence-corrected chi connectivity index (χ4v) is 3.76. The van der Waals surface area contributed by atoms with Crippen LogP contribution < -0.4 is 11.1 Å². The highest BCUT2D eigenvalue weighted by Crippen LogP contribution is 2.20. The molecular formula is C12H21ClN4O4S. The smallest absolute Gasteiger partial charge is 0.267 e. The van der Waals surface area contributed by atoms with Crippen LogP contribution in [0.3, 0.4) is 0 Å². The Morgan fingerprint density at radius 1 is 1.55 bits per heavy atom. The van der Waals surface area contributed by atoms with E-state index < -0.39 is 10.0 Å². The molecule has 0 saturated carbocycles. The lowest BCUT2D eigenvalue weighted by molar-refractivity contribution is 0.00450.